The lowest BCUT2D eigenvalue weighted by atomic mass is 10.3. The Labute approximate surface area is 94.5 Å². The van der Waals surface area contributed by atoms with E-state index in [9.17, 15) is 8.42 Å². The van der Waals surface area contributed by atoms with E-state index < -0.39 is 15.3 Å². The smallest absolute Gasteiger partial charge is 0.235 e. The number of hydrogen-bond donors (Lipinski definition) is 2. The number of anilines is 2. The molecular formula is C9H13ClN2O2S. The first-order chi connectivity index (χ1) is 6.83. The highest BCUT2D eigenvalue weighted by Crippen LogP contribution is 2.23. The quantitative estimate of drug-likeness (QED) is 0.805. The number of sulfonamides is 1. The van der Waals surface area contributed by atoms with Crippen molar-refractivity contribution in [2.75, 3.05) is 10.5 Å². The Morgan fingerprint density at radius 3 is 2.47 bits per heavy atom. The minimum atomic E-state index is -3.33. The van der Waals surface area contributed by atoms with Gasteiger partial charge in [-0.3, -0.25) is 4.72 Å². The molecule has 3 N–H and O–H groups in total. The van der Waals surface area contributed by atoms with Crippen molar-refractivity contribution in [2.24, 2.45) is 0 Å². The molecule has 0 heterocycles. The van der Waals surface area contributed by atoms with Crippen LogP contribution >= 0.6 is 11.6 Å². The summed E-state index contributed by atoms with van der Waals surface area (Å²) in [5.41, 5.74) is 6.34. The number of halogens is 1. The molecule has 0 spiro atoms. The van der Waals surface area contributed by atoms with Crippen LogP contribution < -0.4 is 10.5 Å². The van der Waals surface area contributed by atoms with Gasteiger partial charge >= 0.3 is 0 Å². The van der Waals surface area contributed by atoms with Gasteiger partial charge < -0.3 is 5.73 Å². The second kappa shape index (κ2) is 4.28. The van der Waals surface area contributed by atoms with E-state index >= 15 is 0 Å². The number of rotatable bonds is 3. The lowest BCUT2D eigenvalue weighted by Crippen LogP contribution is -2.22. The Morgan fingerprint density at radius 1 is 1.40 bits per heavy atom. The van der Waals surface area contributed by atoms with E-state index in [0.29, 0.717) is 16.4 Å². The Morgan fingerprint density at radius 2 is 2.00 bits per heavy atom. The van der Waals surface area contributed by atoms with Crippen molar-refractivity contribution >= 4 is 33.0 Å². The SMILES string of the molecule is CC(C)S(=O)(=O)Nc1ccc(N)c(Cl)c1. The van der Waals surface area contributed by atoms with E-state index in [4.69, 9.17) is 17.3 Å². The molecule has 0 bridgehead atoms. The molecule has 0 atom stereocenters. The molecule has 0 radical (unpaired) electrons. The van der Waals surface area contributed by atoms with Gasteiger partial charge in [-0.05, 0) is 32.0 Å². The number of nitrogens with two attached hydrogens (primary N) is 1. The van der Waals surface area contributed by atoms with Crippen molar-refractivity contribution in [1.82, 2.24) is 0 Å². The highest BCUT2D eigenvalue weighted by atomic mass is 35.5. The van der Waals surface area contributed by atoms with Crippen molar-refractivity contribution < 1.29 is 8.42 Å². The summed E-state index contributed by atoms with van der Waals surface area (Å²) in [6.45, 7) is 3.20. The van der Waals surface area contributed by atoms with Crippen LogP contribution in [0.2, 0.25) is 5.02 Å². The number of benzene rings is 1. The fourth-order valence-electron chi connectivity index (χ4n) is 0.873. The maximum absolute atomic E-state index is 11.5. The Hall–Kier alpha value is -0.940. The maximum Gasteiger partial charge on any atom is 0.235 e. The summed E-state index contributed by atoms with van der Waals surface area (Å²) in [7, 11) is -3.33. The minimum absolute atomic E-state index is 0.332. The summed E-state index contributed by atoms with van der Waals surface area (Å²) >= 11 is 5.76. The predicted molar refractivity (Wildman–Crippen MR) is 63.5 cm³/mol. The Kier molecular flexibility index (Phi) is 3.46. The largest absolute Gasteiger partial charge is 0.398 e. The molecule has 0 amide bonds. The van der Waals surface area contributed by atoms with Gasteiger partial charge in [0, 0.05) is 0 Å². The van der Waals surface area contributed by atoms with Gasteiger partial charge in [0.2, 0.25) is 10.0 Å². The van der Waals surface area contributed by atoms with Crippen molar-refractivity contribution in [1.29, 1.82) is 0 Å². The van der Waals surface area contributed by atoms with Crippen LogP contribution in [0.25, 0.3) is 0 Å². The third-order valence-electron chi connectivity index (χ3n) is 1.88. The molecule has 1 aromatic carbocycles. The van der Waals surface area contributed by atoms with Gasteiger partial charge in [0.1, 0.15) is 0 Å². The van der Waals surface area contributed by atoms with Crippen LogP contribution in [0.3, 0.4) is 0 Å². The second-order valence-corrected chi connectivity index (χ2v) is 6.08. The van der Waals surface area contributed by atoms with Gasteiger partial charge in [-0.2, -0.15) is 0 Å². The van der Waals surface area contributed by atoms with Gasteiger partial charge in [0.15, 0.2) is 0 Å². The van der Waals surface area contributed by atoms with Crippen molar-refractivity contribution in [3.05, 3.63) is 23.2 Å². The number of nitrogen functional groups attached to an aromatic ring is 1. The molecule has 0 saturated carbocycles. The van der Waals surface area contributed by atoms with Crippen molar-refractivity contribution in [3.63, 3.8) is 0 Å². The van der Waals surface area contributed by atoms with E-state index in [1.54, 1.807) is 26.0 Å². The molecule has 1 aromatic rings. The molecular weight excluding hydrogens is 236 g/mol. The molecule has 15 heavy (non-hydrogen) atoms. The Balaban J connectivity index is 2.96. The van der Waals surface area contributed by atoms with Crippen LogP contribution in [-0.2, 0) is 10.0 Å². The average Bonchev–Trinajstić information content (AvgIpc) is 2.10. The molecule has 0 fully saturated rings. The van der Waals surface area contributed by atoms with Gasteiger partial charge in [-0.1, -0.05) is 11.6 Å². The molecule has 0 unspecified atom stereocenters. The zero-order chi connectivity index (χ0) is 11.6. The fourth-order valence-corrected chi connectivity index (χ4v) is 1.74. The summed E-state index contributed by atoms with van der Waals surface area (Å²) in [6.07, 6.45) is 0. The van der Waals surface area contributed by atoms with Crippen molar-refractivity contribution in [3.8, 4) is 0 Å². The maximum atomic E-state index is 11.5. The highest BCUT2D eigenvalue weighted by Gasteiger charge is 2.15. The zero-order valence-electron chi connectivity index (χ0n) is 8.49. The Bertz CT molecular complexity index is 457. The van der Waals surface area contributed by atoms with Gasteiger partial charge in [0.25, 0.3) is 0 Å². The lowest BCUT2D eigenvalue weighted by molar-refractivity contribution is 0.593. The molecule has 84 valence electrons. The average molecular weight is 249 g/mol. The topological polar surface area (TPSA) is 72.2 Å². The third-order valence-corrected chi connectivity index (χ3v) is 3.97. The molecule has 0 aliphatic rings. The summed E-state index contributed by atoms with van der Waals surface area (Å²) in [5.74, 6) is 0. The summed E-state index contributed by atoms with van der Waals surface area (Å²) in [5, 5.41) is -0.159. The summed E-state index contributed by atoms with van der Waals surface area (Å²) < 4.78 is 25.4. The zero-order valence-corrected chi connectivity index (χ0v) is 10.1. The minimum Gasteiger partial charge on any atom is -0.398 e. The molecule has 0 aliphatic carbocycles. The third kappa shape index (κ3) is 3.00. The molecule has 0 aliphatic heterocycles. The fraction of sp³-hybridized carbons (Fsp3) is 0.333. The normalized spacial score (nSPS) is 11.7. The van der Waals surface area contributed by atoms with E-state index in [1.807, 2.05) is 0 Å². The van der Waals surface area contributed by atoms with E-state index in [-0.39, 0.29) is 0 Å². The highest BCUT2D eigenvalue weighted by molar-refractivity contribution is 7.93. The predicted octanol–water partition coefficient (Wildman–Crippen LogP) is 2.07. The van der Waals surface area contributed by atoms with Crippen LogP contribution in [0.4, 0.5) is 11.4 Å². The van der Waals surface area contributed by atoms with Gasteiger partial charge in [-0.15, -0.1) is 0 Å². The van der Waals surface area contributed by atoms with E-state index in [1.165, 1.54) is 6.07 Å². The summed E-state index contributed by atoms with van der Waals surface area (Å²) in [4.78, 5) is 0. The van der Waals surface area contributed by atoms with E-state index in [0.717, 1.165) is 0 Å². The molecule has 0 aromatic heterocycles. The molecule has 1 rings (SSSR count). The number of hydrogen-bond acceptors (Lipinski definition) is 3. The van der Waals surface area contributed by atoms with Crippen LogP contribution in [0.15, 0.2) is 18.2 Å². The first-order valence-corrected chi connectivity index (χ1v) is 6.32. The van der Waals surface area contributed by atoms with Gasteiger partial charge in [-0.25, -0.2) is 8.42 Å². The van der Waals surface area contributed by atoms with Crippen molar-refractivity contribution in [2.45, 2.75) is 19.1 Å². The lowest BCUT2D eigenvalue weighted by Gasteiger charge is -2.11. The first kappa shape index (κ1) is 12.1. The first-order valence-electron chi connectivity index (χ1n) is 4.39. The van der Waals surface area contributed by atoms with Crippen LogP contribution in [0.5, 0.6) is 0 Å². The molecule has 6 heteroatoms. The van der Waals surface area contributed by atoms with Crippen LogP contribution in [0.1, 0.15) is 13.8 Å². The standard InChI is InChI=1S/C9H13ClN2O2S/c1-6(2)15(13,14)12-7-3-4-9(11)8(10)5-7/h3-6,12H,11H2,1-2H3. The van der Waals surface area contributed by atoms with Crippen LogP contribution in [0, 0.1) is 0 Å². The molecule has 0 saturated heterocycles. The second-order valence-electron chi connectivity index (χ2n) is 3.43. The van der Waals surface area contributed by atoms with E-state index in [2.05, 4.69) is 4.72 Å². The monoisotopic (exact) mass is 248 g/mol. The van der Waals surface area contributed by atoms with Gasteiger partial charge in [0.05, 0.1) is 21.6 Å². The molecule has 4 nitrogen and oxygen atoms in total. The summed E-state index contributed by atoms with van der Waals surface area (Å²) in [6, 6.07) is 4.61. The van der Waals surface area contributed by atoms with Crippen LogP contribution in [-0.4, -0.2) is 13.7 Å². The number of nitrogens with one attached hydrogen (secondary N) is 1.